The van der Waals surface area contributed by atoms with Crippen LogP contribution in [0.2, 0.25) is 0 Å². The molecule has 0 aromatic rings. The highest BCUT2D eigenvalue weighted by atomic mass is 14.8. The minimum Gasteiger partial charge on any atom is -0.325 e. The summed E-state index contributed by atoms with van der Waals surface area (Å²) in [7, 11) is 0. The molecule has 0 heterocycles. The molecule has 0 radical (unpaired) electrons. The fraction of sp³-hybridized carbons (Fsp3) is 1.00. The molecule has 2 aliphatic carbocycles. The zero-order valence-corrected chi connectivity index (χ0v) is 9.27. The lowest BCUT2D eigenvalue weighted by Gasteiger charge is -2.50. The Balaban J connectivity index is 2.33. The van der Waals surface area contributed by atoms with Gasteiger partial charge in [0.2, 0.25) is 0 Å². The van der Waals surface area contributed by atoms with Crippen LogP contribution < -0.4 is 5.73 Å². The van der Waals surface area contributed by atoms with Gasteiger partial charge in [0.15, 0.2) is 0 Å². The highest BCUT2D eigenvalue weighted by Gasteiger charge is 2.57. The van der Waals surface area contributed by atoms with Crippen LogP contribution in [0.5, 0.6) is 0 Å². The molecule has 2 aliphatic rings. The first-order valence-corrected chi connectivity index (χ1v) is 5.81. The van der Waals surface area contributed by atoms with Gasteiger partial charge in [-0.3, -0.25) is 0 Å². The van der Waals surface area contributed by atoms with E-state index < -0.39 is 0 Å². The van der Waals surface area contributed by atoms with Crippen LogP contribution >= 0.6 is 0 Å². The zero-order valence-electron chi connectivity index (χ0n) is 9.27. The third-order valence-electron chi connectivity index (χ3n) is 5.35. The van der Waals surface area contributed by atoms with E-state index in [4.69, 9.17) is 5.73 Å². The van der Waals surface area contributed by atoms with Gasteiger partial charge in [0.1, 0.15) is 0 Å². The van der Waals surface area contributed by atoms with Crippen LogP contribution in [0.25, 0.3) is 0 Å². The Labute approximate surface area is 82.1 Å². The number of rotatable bonds is 1. The van der Waals surface area contributed by atoms with Crippen LogP contribution in [0, 0.1) is 17.3 Å². The van der Waals surface area contributed by atoms with Gasteiger partial charge in [-0.15, -0.1) is 0 Å². The van der Waals surface area contributed by atoms with Crippen molar-refractivity contribution in [3.05, 3.63) is 0 Å². The number of hydrogen-bond acceptors (Lipinski definition) is 1. The Hall–Kier alpha value is -0.0400. The summed E-state index contributed by atoms with van der Waals surface area (Å²) in [6, 6.07) is 0. The molecule has 4 unspecified atom stereocenters. The molecule has 0 aromatic heterocycles. The Bertz CT molecular complexity index is 209. The standard InChI is InChI=1S/C12H23N/c1-4-9-5-6-10-7-8-11(9,2)12(10,3)13/h9-10H,4-8,13H2,1-3H3. The molecule has 2 fully saturated rings. The number of fused-ring (bicyclic) bond motifs is 2. The van der Waals surface area contributed by atoms with Crippen LogP contribution in [0.4, 0.5) is 0 Å². The average Bonchev–Trinajstić information content (AvgIpc) is 2.24. The second-order valence-corrected chi connectivity index (χ2v) is 5.62. The lowest BCUT2D eigenvalue weighted by atomic mass is 9.58. The van der Waals surface area contributed by atoms with Crippen LogP contribution in [-0.4, -0.2) is 5.54 Å². The molecule has 0 aliphatic heterocycles. The van der Waals surface area contributed by atoms with Gasteiger partial charge in [-0.25, -0.2) is 0 Å². The van der Waals surface area contributed by atoms with Crippen LogP contribution in [0.15, 0.2) is 0 Å². The number of hydrogen-bond donors (Lipinski definition) is 1. The highest BCUT2D eigenvalue weighted by molar-refractivity contribution is 5.12. The molecule has 4 atom stereocenters. The van der Waals surface area contributed by atoms with Crippen molar-refractivity contribution < 1.29 is 0 Å². The van der Waals surface area contributed by atoms with Gasteiger partial charge in [0.05, 0.1) is 0 Å². The summed E-state index contributed by atoms with van der Waals surface area (Å²) in [5.74, 6) is 1.68. The molecule has 0 aromatic carbocycles. The van der Waals surface area contributed by atoms with E-state index in [0.717, 1.165) is 11.8 Å². The molecule has 0 amide bonds. The summed E-state index contributed by atoms with van der Waals surface area (Å²) in [5.41, 5.74) is 7.08. The summed E-state index contributed by atoms with van der Waals surface area (Å²) in [5, 5.41) is 0. The van der Waals surface area contributed by atoms with Crippen molar-refractivity contribution in [1.82, 2.24) is 0 Å². The van der Waals surface area contributed by atoms with Crippen molar-refractivity contribution in [2.45, 2.75) is 58.4 Å². The summed E-state index contributed by atoms with van der Waals surface area (Å²) in [6.07, 6.45) is 6.85. The van der Waals surface area contributed by atoms with Crippen LogP contribution in [0.1, 0.15) is 52.9 Å². The van der Waals surface area contributed by atoms with E-state index in [2.05, 4.69) is 20.8 Å². The first-order chi connectivity index (χ1) is 6.02. The van der Waals surface area contributed by atoms with Crippen molar-refractivity contribution in [3.8, 4) is 0 Å². The predicted octanol–water partition coefficient (Wildman–Crippen LogP) is 2.94. The van der Waals surface area contributed by atoms with E-state index in [1.165, 1.54) is 32.1 Å². The number of nitrogens with two attached hydrogens (primary N) is 1. The first-order valence-electron chi connectivity index (χ1n) is 5.81. The molecule has 76 valence electrons. The third kappa shape index (κ3) is 1.03. The van der Waals surface area contributed by atoms with E-state index >= 15 is 0 Å². The van der Waals surface area contributed by atoms with E-state index in [-0.39, 0.29) is 5.54 Å². The summed E-state index contributed by atoms with van der Waals surface area (Å²) >= 11 is 0. The van der Waals surface area contributed by atoms with Crippen LogP contribution in [0.3, 0.4) is 0 Å². The van der Waals surface area contributed by atoms with E-state index in [0.29, 0.717) is 5.41 Å². The quantitative estimate of drug-likeness (QED) is 0.661. The molecule has 0 spiro atoms. The first kappa shape index (κ1) is 9.51. The van der Waals surface area contributed by atoms with E-state index in [9.17, 15) is 0 Å². The van der Waals surface area contributed by atoms with E-state index in [1.807, 2.05) is 0 Å². The maximum absolute atomic E-state index is 6.53. The maximum Gasteiger partial charge on any atom is 0.0211 e. The van der Waals surface area contributed by atoms with Crippen LogP contribution in [-0.2, 0) is 0 Å². The zero-order chi connectivity index (χ0) is 9.69. The van der Waals surface area contributed by atoms with Gasteiger partial charge in [0, 0.05) is 5.54 Å². The average molecular weight is 181 g/mol. The van der Waals surface area contributed by atoms with Gasteiger partial charge in [0.25, 0.3) is 0 Å². The molecule has 2 rings (SSSR count). The Morgan fingerprint density at radius 3 is 2.54 bits per heavy atom. The molecule has 13 heavy (non-hydrogen) atoms. The fourth-order valence-corrected chi connectivity index (χ4v) is 3.97. The SMILES string of the molecule is CCC1CCC2CCC1(C)C2(C)N. The minimum absolute atomic E-state index is 0.117. The summed E-state index contributed by atoms with van der Waals surface area (Å²) in [6.45, 7) is 7.05. The van der Waals surface area contributed by atoms with Crippen molar-refractivity contribution in [2.24, 2.45) is 23.0 Å². The smallest absolute Gasteiger partial charge is 0.0211 e. The topological polar surface area (TPSA) is 26.0 Å². The van der Waals surface area contributed by atoms with Crippen molar-refractivity contribution in [2.75, 3.05) is 0 Å². The molecular formula is C12H23N. The largest absolute Gasteiger partial charge is 0.325 e. The summed E-state index contributed by atoms with van der Waals surface area (Å²) < 4.78 is 0. The third-order valence-corrected chi connectivity index (χ3v) is 5.35. The second-order valence-electron chi connectivity index (χ2n) is 5.62. The second kappa shape index (κ2) is 2.73. The van der Waals surface area contributed by atoms with Gasteiger partial charge in [-0.05, 0) is 49.9 Å². The molecule has 2 bridgehead atoms. The van der Waals surface area contributed by atoms with Gasteiger partial charge >= 0.3 is 0 Å². The fourth-order valence-electron chi connectivity index (χ4n) is 3.97. The molecule has 2 N–H and O–H groups in total. The molecule has 1 nitrogen and oxygen atoms in total. The Morgan fingerprint density at radius 1 is 1.23 bits per heavy atom. The van der Waals surface area contributed by atoms with Crippen molar-refractivity contribution >= 4 is 0 Å². The lowest BCUT2D eigenvalue weighted by Crippen LogP contribution is -2.57. The van der Waals surface area contributed by atoms with E-state index in [1.54, 1.807) is 0 Å². The summed E-state index contributed by atoms with van der Waals surface area (Å²) in [4.78, 5) is 0. The van der Waals surface area contributed by atoms with Gasteiger partial charge in [-0.1, -0.05) is 20.3 Å². The Morgan fingerprint density at radius 2 is 1.92 bits per heavy atom. The molecule has 1 heteroatoms. The monoisotopic (exact) mass is 181 g/mol. The molecule has 0 saturated heterocycles. The Kier molecular flexibility index (Phi) is 1.99. The van der Waals surface area contributed by atoms with Crippen molar-refractivity contribution in [3.63, 3.8) is 0 Å². The molecule has 2 saturated carbocycles. The normalized spacial score (nSPS) is 55.4. The van der Waals surface area contributed by atoms with Gasteiger partial charge in [-0.2, -0.15) is 0 Å². The minimum atomic E-state index is 0.117. The van der Waals surface area contributed by atoms with Gasteiger partial charge < -0.3 is 5.73 Å². The maximum atomic E-state index is 6.53. The van der Waals surface area contributed by atoms with Crippen molar-refractivity contribution in [1.29, 1.82) is 0 Å². The molecular weight excluding hydrogens is 158 g/mol. The lowest BCUT2D eigenvalue weighted by molar-refractivity contribution is 0.0344. The predicted molar refractivity (Wildman–Crippen MR) is 56.4 cm³/mol. The highest BCUT2D eigenvalue weighted by Crippen LogP contribution is 2.59.